The molecule has 0 aromatic carbocycles. The van der Waals surface area contributed by atoms with Crippen LogP contribution in [0.1, 0.15) is 20.8 Å². The lowest BCUT2D eigenvalue weighted by Crippen LogP contribution is -2.54. The van der Waals surface area contributed by atoms with E-state index in [1.165, 1.54) is 0 Å². The van der Waals surface area contributed by atoms with E-state index in [1.807, 2.05) is 0 Å². The molecule has 1 unspecified atom stereocenters. The Bertz CT molecular complexity index is 122. The third-order valence-electron chi connectivity index (χ3n) is 2.00. The SMILES string of the molecule is CC(C)(C)NCC1CNCCN1. The van der Waals surface area contributed by atoms with Crippen molar-refractivity contribution in [2.24, 2.45) is 0 Å². The van der Waals surface area contributed by atoms with E-state index in [2.05, 4.69) is 36.7 Å². The maximum Gasteiger partial charge on any atom is 0.0318 e. The van der Waals surface area contributed by atoms with Gasteiger partial charge < -0.3 is 16.0 Å². The number of piperazine rings is 1. The minimum absolute atomic E-state index is 0.235. The van der Waals surface area contributed by atoms with E-state index in [9.17, 15) is 0 Å². The van der Waals surface area contributed by atoms with Crippen LogP contribution in [-0.2, 0) is 0 Å². The summed E-state index contributed by atoms with van der Waals surface area (Å²) in [4.78, 5) is 0. The van der Waals surface area contributed by atoms with Gasteiger partial charge in [0, 0.05) is 37.8 Å². The van der Waals surface area contributed by atoms with Gasteiger partial charge in [-0.25, -0.2) is 0 Å². The molecule has 1 heterocycles. The van der Waals surface area contributed by atoms with E-state index in [0.717, 1.165) is 26.2 Å². The second kappa shape index (κ2) is 4.21. The molecule has 1 aliphatic rings. The summed E-state index contributed by atoms with van der Waals surface area (Å²) in [6.45, 7) is 10.9. The Morgan fingerprint density at radius 3 is 2.58 bits per heavy atom. The van der Waals surface area contributed by atoms with Crippen LogP contribution in [0.15, 0.2) is 0 Å². The maximum atomic E-state index is 3.49. The van der Waals surface area contributed by atoms with Gasteiger partial charge in [0.15, 0.2) is 0 Å². The number of rotatable bonds is 2. The largest absolute Gasteiger partial charge is 0.314 e. The van der Waals surface area contributed by atoms with Crippen molar-refractivity contribution in [1.82, 2.24) is 16.0 Å². The fourth-order valence-corrected chi connectivity index (χ4v) is 1.29. The Morgan fingerprint density at radius 2 is 2.08 bits per heavy atom. The zero-order valence-corrected chi connectivity index (χ0v) is 8.41. The van der Waals surface area contributed by atoms with Crippen LogP contribution in [0.25, 0.3) is 0 Å². The standard InChI is InChI=1S/C9H21N3/c1-9(2,3)12-7-8-6-10-4-5-11-8/h8,10-12H,4-7H2,1-3H3. The molecule has 3 N–H and O–H groups in total. The van der Waals surface area contributed by atoms with E-state index in [4.69, 9.17) is 0 Å². The first kappa shape index (κ1) is 9.96. The van der Waals surface area contributed by atoms with Crippen LogP contribution in [-0.4, -0.2) is 37.8 Å². The first-order chi connectivity index (χ1) is 5.58. The molecule has 0 bridgehead atoms. The van der Waals surface area contributed by atoms with Crippen LogP contribution in [0.3, 0.4) is 0 Å². The second-order valence-electron chi connectivity index (χ2n) is 4.49. The topological polar surface area (TPSA) is 36.1 Å². The van der Waals surface area contributed by atoms with Crippen molar-refractivity contribution in [3.8, 4) is 0 Å². The third-order valence-corrected chi connectivity index (χ3v) is 2.00. The zero-order valence-electron chi connectivity index (χ0n) is 8.41. The monoisotopic (exact) mass is 171 g/mol. The molecule has 1 atom stereocenters. The molecular weight excluding hydrogens is 150 g/mol. The molecule has 0 spiro atoms. The minimum Gasteiger partial charge on any atom is -0.314 e. The van der Waals surface area contributed by atoms with E-state index in [-0.39, 0.29) is 5.54 Å². The molecule has 12 heavy (non-hydrogen) atoms. The fraction of sp³-hybridized carbons (Fsp3) is 1.00. The maximum absolute atomic E-state index is 3.49. The molecule has 0 aliphatic carbocycles. The fourth-order valence-electron chi connectivity index (χ4n) is 1.29. The van der Waals surface area contributed by atoms with Crippen molar-refractivity contribution in [1.29, 1.82) is 0 Å². The van der Waals surface area contributed by atoms with Gasteiger partial charge in [-0.15, -0.1) is 0 Å². The summed E-state index contributed by atoms with van der Waals surface area (Å²) in [7, 11) is 0. The third kappa shape index (κ3) is 4.04. The summed E-state index contributed by atoms with van der Waals surface area (Å²) < 4.78 is 0. The Morgan fingerprint density at radius 1 is 1.33 bits per heavy atom. The summed E-state index contributed by atoms with van der Waals surface area (Å²) in [5, 5.41) is 10.3. The van der Waals surface area contributed by atoms with Crippen molar-refractivity contribution in [2.75, 3.05) is 26.2 Å². The van der Waals surface area contributed by atoms with Gasteiger partial charge >= 0.3 is 0 Å². The van der Waals surface area contributed by atoms with Crippen LogP contribution in [0.4, 0.5) is 0 Å². The normalized spacial score (nSPS) is 25.8. The molecule has 1 aliphatic heterocycles. The van der Waals surface area contributed by atoms with E-state index < -0.39 is 0 Å². The number of hydrogen-bond donors (Lipinski definition) is 3. The highest BCUT2D eigenvalue weighted by molar-refractivity contribution is 4.80. The molecule has 3 heteroatoms. The summed E-state index contributed by atoms with van der Waals surface area (Å²) in [6, 6.07) is 0.595. The molecule has 1 fully saturated rings. The van der Waals surface area contributed by atoms with Crippen molar-refractivity contribution in [2.45, 2.75) is 32.4 Å². The highest BCUT2D eigenvalue weighted by Crippen LogP contribution is 1.98. The molecule has 0 saturated carbocycles. The van der Waals surface area contributed by atoms with Gasteiger partial charge in [-0.05, 0) is 20.8 Å². The Hall–Kier alpha value is -0.120. The summed E-state index contributed by atoms with van der Waals surface area (Å²) in [5.74, 6) is 0. The van der Waals surface area contributed by atoms with Gasteiger partial charge in [-0.1, -0.05) is 0 Å². The predicted octanol–water partition coefficient (Wildman–Crippen LogP) is -0.0641. The molecule has 3 nitrogen and oxygen atoms in total. The highest BCUT2D eigenvalue weighted by atomic mass is 15.1. The molecule has 72 valence electrons. The predicted molar refractivity (Wildman–Crippen MR) is 52.4 cm³/mol. The van der Waals surface area contributed by atoms with Crippen LogP contribution >= 0.6 is 0 Å². The molecule has 0 aromatic rings. The number of nitrogens with one attached hydrogen (secondary N) is 3. The van der Waals surface area contributed by atoms with E-state index in [0.29, 0.717) is 6.04 Å². The van der Waals surface area contributed by atoms with Gasteiger partial charge in [-0.3, -0.25) is 0 Å². The average molecular weight is 171 g/mol. The molecule has 0 aromatic heterocycles. The summed E-state index contributed by atoms with van der Waals surface area (Å²) in [6.07, 6.45) is 0. The van der Waals surface area contributed by atoms with Gasteiger partial charge in [0.05, 0.1) is 0 Å². The Kier molecular flexibility index (Phi) is 3.50. The lowest BCUT2D eigenvalue weighted by Gasteiger charge is -2.29. The van der Waals surface area contributed by atoms with E-state index in [1.54, 1.807) is 0 Å². The van der Waals surface area contributed by atoms with Crippen molar-refractivity contribution in [3.05, 3.63) is 0 Å². The van der Waals surface area contributed by atoms with Gasteiger partial charge in [0.2, 0.25) is 0 Å². The first-order valence-corrected chi connectivity index (χ1v) is 4.77. The highest BCUT2D eigenvalue weighted by Gasteiger charge is 2.15. The van der Waals surface area contributed by atoms with Gasteiger partial charge in [0.25, 0.3) is 0 Å². The van der Waals surface area contributed by atoms with Gasteiger partial charge in [0.1, 0.15) is 0 Å². The Labute approximate surface area is 75.3 Å². The first-order valence-electron chi connectivity index (χ1n) is 4.77. The molecule has 0 radical (unpaired) electrons. The molecule has 0 amide bonds. The lowest BCUT2D eigenvalue weighted by molar-refractivity contribution is 0.347. The minimum atomic E-state index is 0.235. The smallest absolute Gasteiger partial charge is 0.0318 e. The summed E-state index contributed by atoms with van der Waals surface area (Å²) in [5.41, 5.74) is 0.235. The average Bonchev–Trinajstić information content (AvgIpc) is 2.02. The number of hydrogen-bond acceptors (Lipinski definition) is 3. The van der Waals surface area contributed by atoms with Crippen LogP contribution in [0, 0.1) is 0 Å². The Balaban J connectivity index is 2.13. The van der Waals surface area contributed by atoms with Gasteiger partial charge in [-0.2, -0.15) is 0 Å². The van der Waals surface area contributed by atoms with Crippen LogP contribution < -0.4 is 16.0 Å². The zero-order chi connectivity index (χ0) is 9.03. The summed E-state index contributed by atoms with van der Waals surface area (Å²) >= 11 is 0. The molecular formula is C9H21N3. The second-order valence-corrected chi connectivity index (χ2v) is 4.49. The molecule has 1 rings (SSSR count). The lowest BCUT2D eigenvalue weighted by atomic mass is 10.1. The van der Waals surface area contributed by atoms with E-state index >= 15 is 0 Å². The molecule has 1 saturated heterocycles. The van der Waals surface area contributed by atoms with Crippen molar-refractivity contribution < 1.29 is 0 Å². The van der Waals surface area contributed by atoms with Crippen molar-refractivity contribution >= 4 is 0 Å². The van der Waals surface area contributed by atoms with Crippen LogP contribution in [0.2, 0.25) is 0 Å². The quantitative estimate of drug-likeness (QED) is 0.544. The van der Waals surface area contributed by atoms with Crippen LogP contribution in [0.5, 0.6) is 0 Å². The van der Waals surface area contributed by atoms with Crippen molar-refractivity contribution in [3.63, 3.8) is 0 Å².